The van der Waals surface area contributed by atoms with E-state index in [2.05, 4.69) is 47.2 Å². The van der Waals surface area contributed by atoms with Gasteiger partial charge in [-0.1, -0.05) is 0 Å². The molecule has 3 aliphatic heterocycles. The molecule has 0 radical (unpaired) electrons. The van der Waals surface area contributed by atoms with Crippen molar-refractivity contribution in [3.05, 3.63) is 45.6 Å². The van der Waals surface area contributed by atoms with Gasteiger partial charge in [0.15, 0.2) is 0 Å². The second-order valence-corrected chi connectivity index (χ2v) is 10.5. The highest BCUT2D eigenvalue weighted by molar-refractivity contribution is 9.10. The zero-order valence-electron chi connectivity index (χ0n) is 20.4. The van der Waals surface area contributed by atoms with Crippen LogP contribution < -0.4 is 10.2 Å². The molecule has 1 N–H and O–H groups in total. The number of halogens is 1. The predicted octanol–water partition coefficient (Wildman–Crippen LogP) is 2.50. The number of nitrogens with zero attached hydrogens (tertiary/aromatic N) is 5. The van der Waals surface area contributed by atoms with Crippen LogP contribution in [0.2, 0.25) is 0 Å². The lowest BCUT2D eigenvalue weighted by Crippen LogP contribution is -2.54. The molecule has 188 valence electrons. The molecule has 0 bridgehead atoms. The van der Waals surface area contributed by atoms with Crippen LogP contribution in [0.4, 0.5) is 5.82 Å². The SMILES string of the molecule is COC1COCCC1NC1CCN(C(=O)c2ncnc(N3CCc4ncc(Br)cc4C3)c2C)CC1. The lowest BCUT2D eigenvalue weighted by atomic mass is 9.99. The van der Waals surface area contributed by atoms with Crippen molar-refractivity contribution in [3.63, 3.8) is 0 Å². The molecule has 0 aromatic carbocycles. The van der Waals surface area contributed by atoms with E-state index in [1.807, 2.05) is 18.0 Å². The number of fused-ring (bicyclic) bond motifs is 1. The van der Waals surface area contributed by atoms with Gasteiger partial charge in [-0.3, -0.25) is 9.78 Å². The van der Waals surface area contributed by atoms with Crippen LogP contribution in [0.1, 0.15) is 46.6 Å². The molecule has 10 heteroatoms. The summed E-state index contributed by atoms with van der Waals surface area (Å²) in [6.07, 6.45) is 7.10. The van der Waals surface area contributed by atoms with Crippen LogP contribution in [0.3, 0.4) is 0 Å². The fraction of sp³-hybridized carbons (Fsp3) is 0.600. The molecule has 2 atom stereocenters. The van der Waals surface area contributed by atoms with Crippen molar-refractivity contribution in [1.82, 2.24) is 25.2 Å². The second kappa shape index (κ2) is 10.9. The zero-order valence-corrected chi connectivity index (χ0v) is 22.0. The summed E-state index contributed by atoms with van der Waals surface area (Å²) >= 11 is 3.52. The van der Waals surface area contributed by atoms with Gasteiger partial charge in [-0.05, 0) is 53.7 Å². The molecule has 35 heavy (non-hydrogen) atoms. The number of pyridine rings is 1. The standard InChI is InChI=1S/C25H33BrN6O3/c1-16-23(28-15-29-24(16)32-9-5-20-17(13-32)11-18(26)12-27-20)25(33)31-7-3-19(4-8-31)30-21-6-10-35-14-22(21)34-2/h11-12,15,19,21-22,30H,3-10,13-14H2,1-2H3. The Morgan fingerprint density at radius 2 is 2.03 bits per heavy atom. The molecule has 1 amide bonds. The third kappa shape index (κ3) is 5.35. The molecule has 9 nitrogen and oxygen atoms in total. The molecule has 2 unspecified atom stereocenters. The van der Waals surface area contributed by atoms with Crippen LogP contribution in [0.25, 0.3) is 0 Å². The maximum Gasteiger partial charge on any atom is 0.272 e. The van der Waals surface area contributed by atoms with Crippen molar-refractivity contribution >= 4 is 27.7 Å². The van der Waals surface area contributed by atoms with Crippen molar-refractivity contribution in [1.29, 1.82) is 0 Å². The van der Waals surface area contributed by atoms with Gasteiger partial charge in [0.05, 0.1) is 12.7 Å². The Kier molecular flexibility index (Phi) is 7.62. The molecule has 0 aliphatic carbocycles. The monoisotopic (exact) mass is 544 g/mol. The number of anilines is 1. The maximum atomic E-state index is 13.4. The van der Waals surface area contributed by atoms with Gasteiger partial charge in [-0.15, -0.1) is 0 Å². The number of piperidine rings is 1. The first-order valence-corrected chi connectivity index (χ1v) is 13.2. The average molecular weight is 545 g/mol. The minimum absolute atomic E-state index is 0.00717. The van der Waals surface area contributed by atoms with E-state index >= 15 is 0 Å². The number of rotatable bonds is 5. The van der Waals surface area contributed by atoms with Gasteiger partial charge in [0.1, 0.15) is 17.8 Å². The molecule has 2 aromatic rings. The smallest absolute Gasteiger partial charge is 0.272 e. The fourth-order valence-electron chi connectivity index (χ4n) is 5.39. The predicted molar refractivity (Wildman–Crippen MR) is 136 cm³/mol. The number of hydrogen-bond donors (Lipinski definition) is 1. The van der Waals surface area contributed by atoms with E-state index in [1.165, 1.54) is 11.9 Å². The minimum Gasteiger partial charge on any atom is -0.379 e. The minimum atomic E-state index is -0.00717. The summed E-state index contributed by atoms with van der Waals surface area (Å²) in [5, 5.41) is 3.75. The number of aromatic nitrogens is 3. The zero-order chi connectivity index (χ0) is 24.4. The molecule has 0 saturated carbocycles. The third-order valence-corrected chi connectivity index (χ3v) is 7.84. The quantitative estimate of drug-likeness (QED) is 0.613. The first kappa shape index (κ1) is 24.5. The number of carbonyl (C=O) groups excluding carboxylic acids is 1. The van der Waals surface area contributed by atoms with Crippen molar-refractivity contribution in [2.45, 2.75) is 57.3 Å². The largest absolute Gasteiger partial charge is 0.379 e. The van der Waals surface area contributed by atoms with Gasteiger partial charge in [0.25, 0.3) is 5.91 Å². The Morgan fingerprint density at radius 3 is 2.83 bits per heavy atom. The molecule has 2 saturated heterocycles. The Bertz CT molecular complexity index is 1060. The van der Waals surface area contributed by atoms with E-state index in [-0.39, 0.29) is 12.0 Å². The highest BCUT2D eigenvalue weighted by Crippen LogP contribution is 2.28. The topological polar surface area (TPSA) is 92.7 Å². The number of carbonyl (C=O) groups is 1. The van der Waals surface area contributed by atoms with Crippen LogP contribution in [0.15, 0.2) is 23.1 Å². The van der Waals surface area contributed by atoms with Crippen LogP contribution in [-0.4, -0.2) is 83.9 Å². The van der Waals surface area contributed by atoms with Gasteiger partial charge < -0.3 is 24.6 Å². The summed E-state index contributed by atoms with van der Waals surface area (Å²) < 4.78 is 12.1. The molecular formula is C25H33BrN6O3. The van der Waals surface area contributed by atoms with E-state index < -0.39 is 0 Å². The van der Waals surface area contributed by atoms with Crippen LogP contribution >= 0.6 is 15.9 Å². The van der Waals surface area contributed by atoms with Crippen molar-refractivity contribution < 1.29 is 14.3 Å². The van der Waals surface area contributed by atoms with E-state index in [4.69, 9.17) is 9.47 Å². The van der Waals surface area contributed by atoms with Crippen molar-refractivity contribution in [2.24, 2.45) is 0 Å². The summed E-state index contributed by atoms with van der Waals surface area (Å²) in [7, 11) is 1.74. The number of likely N-dealkylation sites (tertiary alicyclic amines) is 1. The van der Waals surface area contributed by atoms with E-state index in [9.17, 15) is 4.79 Å². The Hall–Kier alpha value is -2.14. The second-order valence-electron chi connectivity index (χ2n) is 9.58. The van der Waals surface area contributed by atoms with E-state index in [0.717, 1.165) is 66.9 Å². The molecule has 5 rings (SSSR count). The van der Waals surface area contributed by atoms with Gasteiger partial charge >= 0.3 is 0 Å². The lowest BCUT2D eigenvalue weighted by molar-refractivity contribution is -0.0533. The molecule has 0 spiro atoms. The summed E-state index contributed by atoms with van der Waals surface area (Å²) in [6.45, 7) is 6.33. The van der Waals surface area contributed by atoms with Gasteiger partial charge in [-0.2, -0.15) is 0 Å². The van der Waals surface area contributed by atoms with Crippen LogP contribution in [0, 0.1) is 6.92 Å². The van der Waals surface area contributed by atoms with Crippen LogP contribution in [-0.2, 0) is 22.4 Å². The summed E-state index contributed by atoms with van der Waals surface area (Å²) in [4.78, 5) is 31.1. The molecule has 3 aliphatic rings. The van der Waals surface area contributed by atoms with Gasteiger partial charge in [-0.25, -0.2) is 9.97 Å². The number of nitrogens with one attached hydrogen (secondary N) is 1. The first-order valence-electron chi connectivity index (χ1n) is 12.4. The summed E-state index contributed by atoms with van der Waals surface area (Å²) in [5.41, 5.74) is 3.66. The molecule has 2 aromatic heterocycles. The Labute approximate surface area is 214 Å². The molecular weight excluding hydrogens is 512 g/mol. The number of amides is 1. The highest BCUT2D eigenvalue weighted by atomic mass is 79.9. The third-order valence-electron chi connectivity index (χ3n) is 7.40. The summed E-state index contributed by atoms with van der Waals surface area (Å²) in [5.74, 6) is 0.822. The normalized spacial score (nSPS) is 23.3. The highest BCUT2D eigenvalue weighted by Gasteiger charge is 2.31. The Morgan fingerprint density at radius 1 is 1.20 bits per heavy atom. The van der Waals surface area contributed by atoms with E-state index in [1.54, 1.807) is 7.11 Å². The first-order chi connectivity index (χ1) is 17.0. The number of ether oxygens (including phenoxy) is 2. The Balaban J connectivity index is 1.23. The molecule has 2 fully saturated rings. The van der Waals surface area contributed by atoms with Crippen LogP contribution in [0.5, 0.6) is 0 Å². The van der Waals surface area contributed by atoms with Gasteiger partial charge in [0.2, 0.25) is 0 Å². The number of methoxy groups -OCH3 is 1. The van der Waals surface area contributed by atoms with Crippen molar-refractivity contribution in [3.8, 4) is 0 Å². The number of hydrogen-bond acceptors (Lipinski definition) is 8. The fourth-order valence-corrected chi connectivity index (χ4v) is 5.77. The maximum absolute atomic E-state index is 13.4. The van der Waals surface area contributed by atoms with Crippen molar-refractivity contribution in [2.75, 3.05) is 44.9 Å². The lowest BCUT2D eigenvalue weighted by Gasteiger charge is -2.38. The average Bonchev–Trinajstić information content (AvgIpc) is 2.89. The summed E-state index contributed by atoms with van der Waals surface area (Å²) in [6, 6.07) is 2.80. The molecule has 5 heterocycles. The van der Waals surface area contributed by atoms with E-state index in [0.29, 0.717) is 37.5 Å². The van der Waals surface area contributed by atoms with Gasteiger partial charge in [0, 0.05) is 80.3 Å².